The number of rotatable bonds is 5. The molecule has 1 aliphatic rings. The van der Waals surface area contributed by atoms with Crippen molar-refractivity contribution < 1.29 is 13.2 Å². The minimum atomic E-state index is -3.76. The topological polar surface area (TPSA) is 66.5 Å². The average molecular weight is 415 g/mol. The quantitative estimate of drug-likeness (QED) is 0.774. The Morgan fingerprint density at radius 2 is 1.52 bits per heavy atom. The van der Waals surface area contributed by atoms with Gasteiger partial charge in [0.05, 0.1) is 16.1 Å². The van der Waals surface area contributed by atoms with Crippen LogP contribution in [-0.4, -0.2) is 27.4 Å². The van der Waals surface area contributed by atoms with Gasteiger partial charge in [-0.1, -0.05) is 61.9 Å². The molecule has 0 unspecified atom stereocenters. The van der Waals surface area contributed by atoms with Crippen molar-refractivity contribution in [2.75, 3.05) is 11.4 Å². The van der Waals surface area contributed by atoms with E-state index in [1.165, 1.54) is 30.6 Å². The highest BCUT2D eigenvalue weighted by atomic mass is 32.2. The molecule has 1 N–H and O–H groups in total. The van der Waals surface area contributed by atoms with Gasteiger partial charge in [-0.25, -0.2) is 8.42 Å². The SMILES string of the molecule is Cc1ccc(S(=O)(=O)N(C)c2ccccc2C(=O)NC2CCCCCCC2)cc1. The predicted octanol–water partition coefficient (Wildman–Crippen LogP) is 4.66. The fourth-order valence-electron chi connectivity index (χ4n) is 3.80. The Balaban J connectivity index is 1.83. The van der Waals surface area contributed by atoms with Crippen LogP contribution in [0.5, 0.6) is 0 Å². The van der Waals surface area contributed by atoms with Crippen molar-refractivity contribution in [3.05, 3.63) is 59.7 Å². The molecule has 0 spiro atoms. The Bertz CT molecular complexity index is 931. The van der Waals surface area contributed by atoms with Crippen molar-refractivity contribution in [3.8, 4) is 0 Å². The van der Waals surface area contributed by atoms with Gasteiger partial charge in [0.15, 0.2) is 0 Å². The van der Waals surface area contributed by atoms with Crippen LogP contribution in [0.4, 0.5) is 5.69 Å². The summed E-state index contributed by atoms with van der Waals surface area (Å²) >= 11 is 0. The van der Waals surface area contributed by atoms with E-state index in [1.54, 1.807) is 48.5 Å². The monoisotopic (exact) mass is 414 g/mol. The van der Waals surface area contributed by atoms with Crippen LogP contribution in [0, 0.1) is 6.92 Å². The molecule has 0 aromatic heterocycles. The van der Waals surface area contributed by atoms with E-state index in [0.717, 1.165) is 31.2 Å². The largest absolute Gasteiger partial charge is 0.349 e. The molecule has 5 nitrogen and oxygen atoms in total. The molecule has 0 bridgehead atoms. The Labute approximate surface area is 174 Å². The number of carbonyl (C=O) groups is 1. The summed E-state index contributed by atoms with van der Waals surface area (Å²) in [6.07, 6.45) is 7.88. The average Bonchev–Trinajstić information content (AvgIpc) is 2.69. The van der Waals surface area contributed by atoms with Crippen molar-refractivity contribution in [2.24, 2.45) is 0 Å². The first-order valence-corrected chi connectivity index (χ1v) is 11.8. The van der Waals surface area contributed by atoms with Crippen molar-refractivity contribution in [2.45, 2.75) is 62.8 Å². The first kappa shape index (κ1) is 21.4. The van der Waals surface area contributed by atoms with Crippen LogP contribution in [0.1, 0.15) is 60.9 Å². The highest BCUT2D eigenvalue weighted by Gasteiger charge is 2.25. The van der Waals surface area contributed by atoms with Gasteiger partial charge in [0.2, 0.25) is 0 Å². The first-order chi connectivity index (χ1) is 13.9. The number of nitrogens with one attached hydrogen (secondary N) is 1. The Morgan fingerprint density at radius 1 is 0.931 bits per heavy atom. The molecule has 1 aliphatic carbocycles. The molecule has 156 valence electrons. The van der Waals surface area contributed by atoms with Gasteiger partial charge >= 0.3 is 0 Å². The van der Waals surface area contributed by atoms with Crippen LogP contribution >= 0.6 is 0 Å². The number of hydrogen-bond donors (Lipinski definition) is 1. The maximum Gasteiger partial charge on any atom is 0.264 e. The molecule has 0 radical (unpaired) electrons. The van der Waals surface area contributed by atoms with Gasteiger partial charge in [0, 0.05) is 13.1 Å². The maximum atomic E-state index is 13.1. The lowest BCUT2D eigenvalue weighted by molar-refractivity contribution is 0.0931. The standard InChI is InChI=1S/C23H30N2O3S/c1-18-14-16-20(17-15-18)29(27,28)25(2)22-13-9-8-12-21(22)23(26)24-19-10-6-4-3-5-7-11-19/h8-9,12-17,19H,3-7,10-11H2,1-2H3,(H,24,26). The fraction of sp³-hybridized carbons (Fsp3) is 0.435. The van der Waals surface area contributed by atoms with E-state index in [2.05, 4.69) is 5.32 Å². The molecular weight excluding hydrogens is 384 g/mol. The van der Waals surface area contributed by atoms with Gasteiger partial charge in [-0.2, -0.15) is 0 Å². The summed E-state index contributed by atoms with van der Waals surface area (Å²) in [5.41, 5.74) is 1.76. The number of benzene rings is 2. The van der Waals surface area contributed by atoms with Crippen LogP contribution < -0.4 is 9.62 Å². The zero-order valence-electron chi connectivity index (χ0n) is 17.2. The maximum absolute atomic E-state index is 13.1. The summed E-state index contributed by atoms with van der Waals surface area (Å²) in [5.74, 6) is -0.211. The normalized spacial score (nSPS) is 15.9. The van der Waals surface area contributed by atoms with Crippen LogP contribution in [-0.2, 0) is 10.0 Å². The molecule has 2 aromatic carbocycles. The molecule has 0 atom stereocenters. The van der Waals surface area contributed by atoms with Crippen molar-refractivity contribution in [3.63, 3.8) is 0 Å². The molecule has 6 heteroatoms. The van der Waals surface area contributed by atoms with E-state index in [4.69, 9.17) is 0 Å². The van der Waals surface area contributed by atoms with E-state index in [-0.39, 0.29) is 16.8 Å². The summed E-state index contributed by atoms with van der Waals surface area (Å²) in [4.78, 5) is 13.2. The van der Waals surface area contributed by atoms with Gasteiger partial charge in [-0.3, -0.25) is 9.10 Å². The summed E-state index contributed by atoms with van der Waals surface area (Å²) in [5, 5.41) is 3.14. The third-order valence-corrected chi connectivity index (χ3v) is 7.39. The van der Waals surface area contributed by atoms with Gasteiger partial charge in [-0.05, 0) is 44.0 Å². The van der Waals surface area contributed by atoms with Crippen LogP contribution in [0.3, 0.4) is 0 Å². The zero-order valence-corrected chi connectivity index (χ0v) is 18.0. The van der Waals surface area contributed by atoms with Gasteiger partial charge in [0.25, 0.3) is 15.9 Å². The molecule has 2 aromatic rings. The molecule has 0 aliphatic heterocycles. The minimum Gasteiger partial charge on any atom is -0.349 e. The molecule has 0 saturated heterocycles. The first-order valence-electron chi connectivity index (χ1n) is 10.3. The van der Waals surface area contributed by atoms with Crippen LogP contribution in [0.25, 0.3) is 0 Å². The molecule has 29 heavy (non-hydrogen) atoms. The van der Waals surface area contributed by atoms with Crippen LogP contribution in [0.15, 0.2) is 53.4 Å². The van der Waals surface area contributed by atoms with E-state index in [9.17, 15) is 13.2 Å². The highest BCUT2D eigenvalue weighted by Crippen LogP contribution is 2.26. The smallest absolute Gasteiger partial charge is 0.264 e. The second kappa shape index (κ2) is 9.44. The number of para-hydroxylation sites is 1. The molecule has 3 rings (SSSR count). The second-order valence-electron chi connectivity index (χ2n) is 7.82. The molecular formula is C23H30N2O3S. The molecule has 1 amide bonds. The van der Waals surface area contributed by atoms with Crippen molar-refractivity contribution in [1.29, 1.82) is 0 Å². The number of nitrogens with zero attached hydrogens (tertiary/aromatic N) is 1. The third kappa shape index (κ3) is 5.18. The zero-order chi connectivity index (χ0) is 20.9. The van der Waals surface area contributed by atoms with Crippen LogP contribution in [0.2, 0.25) is 0 Å². The number of amides is 1. The summed E-state index contributed by atoms with van der Waals surface area (Å²) in [7, 11) is -2.26. The van der Waals surface area contributed by atoms with Crippen molar-refractivity contribution in [1.82, 2.24) is 5.32 Å². The Morgan fingerprint density at radius 3 is 2.17 bits per heavy atom. The highest BCUT2D eigenvalue weighted by molar-refractivity contribution is 7.92. The summed E-state index contributed by atoms with van der Waals surface area (Å²) < 4.78 is 27.4. The fourth-order valence-corrected chi connectivity index (χ4v) is 5.02. The van der Waals surface area contributed by atoms with E-state index in [0.29, 0.717) is 11.3 Å². The lowest BCUT2D eigenvalue weighted by Crippen LogP contribution is -2.37. The number of aryl methyl sites for hydroxylation is 1. The Kier molecular flexibility index (Phi) is 6.96. The number of carbonyl (C=O) groups excluding carboxylic acids is 1. The van der Waals surface area contributed by atoms with Crippen molar-refractivity contribution >= 4 is 21.6 Å². The minimum absolute atomic E-state index is 0.148. The molecule has 0 heterocycles. The van der Waals surface area contributed by atoms with E-state index >= 15 is 0 Å². The number of hydrogen-bond acceptors (Lipinski definition) is 3. The van der Waals surface area contributed by atoms with E-state index in [1.807, 2.05) is 6.92 Å². The predicted molar refractivity (Wildman–Crippen MR) is 117 cm³/mol. The molecule has 1 fully saturated rings. The van der Waals surface area contributed by atoms with E-state index < -0.39 is 10.0 Å². The van der Waals surface area contributed by atoms with Gasteiger partial charge in [0.1, 0.15) is 0 Å². The summed E-state index contributed by atoms with van der Waals surface area (Å²) in [6.45, 7) is 1.91. The summed E-state index contributed by atoms with van der Waals surface area (Å²) in [6, 6.07) is 13.8. The molecule has 1 saturated carbocycles. The number of anilines is 1. The number of sulfonamides is 1. The van der Waals surface area contributed by atoms with Gasteiger partial charge < -0.3 is 5.32 Å². The Hall–Kier alpha value is -2.34. The lowest BCUT2D eigenvalue weighted by Gasteiger charge is -2.24. The van der Waals surface area contributed by atoms with Gasteiger partial charge in [-0.15, -0.1) is 0 Å². The second-order valence-corrected chi connectivity index (χ2v) is 9.79. The third-order valence-electron chi connectivity index (χ3n) is 5.61. The lowest BCUT2D eigenvalue weighted by atomic mass is 9.96.